The monoisotopic (exact) mass is 485 g/mol. The molecule has 0 bridgehead atoms. The minimum atomic E-state index is -3.88. The van der Waals surface area contributed by atoms with Gasteiger partial charge in [0.2, 0.25) is 15.9 Å². The third-order valence-corrected chi connectivity index (χ3v) is 7.05. The molecule has 0 saturated heterocycles. The van der Waals surface area contributed by atoms with Crippen molar-refractivity contribution in [2.24, 2.45) is 0 Å². The van der Waals surface area contributed by atoms with E-state index in [-0.39, 0.29) is 28.1 Å². The molecular weight excluding hydrogens is 462 g/mol. The third kappa shape index (κ3) is 6.19. The molecule has 0 radical (unpaired) electrons. The molecule has 9 heteroatoms. The maximum Gasteiger partial charge on any atom is 0.253 e. The van der Waals surface area contributed by atoms with Crippen molar-refractivity contribution in [2.45, 2.75) is 17.9 Å². The van der Waals surface area contributed by atoms with Crippen LogP contribution in [-0.2, 0) is 14.8 Å². The lowest BCUT2D eigenvalue weighted by Gasteiger charge is -2.18. The van der Waals surface area contributed by atoms with Crippen LogP contribution in [0.2, 0.25) is 5.02 Å². The number of carbonyl (C=O) groups is 2. The molecule has 0 saturated carbocycles. The maximum absolute atomic E-state index is 12.8. The second-order valence-corrected chi connectivity index (χ2v) is 9.90. The molecule has 3 rings (SSSR count). The van der Waals surface area contributed by atoms with Gasteiger partial charge in [-0.05, 0) is 48.9 Å². The number of nitrogens with one attached hydrogen (secondary N) is 2. The highest BCUT2D eigenvalue weighted by Gasteiger charge is 2.24. The van der Waals surface area contributed by atoms with E-state index in [1.165, 1.54) is 31.3 Å². The Morgan fingerprint density at radius 1 is 0.939 bits per heavy atom. The Bertz CT molecular complexity index is 1230. The number of anilines is 1. The Morgan fingerprint density at radius 3 is 2.21 bits per heavy atom. The van der Waals surface area contributed by atoms with E-state index in [2.05, 4.69) is 10.6 Å². The first-order valence-electron chi connectivity index (χ1n) is 10.1. The van der Waals surface area contributed by atoms with E-state index < -0.39 is 22.5 Å². The Balaban J connectivity index is 1.69. The summed E-state index contributed by atoms with van der Waals surface area (Å²) in [4.78, 5) is 25.5. The first-order valence-corrected chi connectivity index (χ1v) is 12.0. The summed E-state index contributed by atoms with van der Waals surface area (Å²) in [6, 6.07) is 21.5. The van der Waals surface area contributed by atoms with Gasteiger partial charge in [-0.3, -0.25) is 9.59 Å². The zero-order valence-corrected chi connectivity index (χ0v) is 19.7. The van der Waals surface area contributed by atoms with Gasteiger partial charge in [-0.2, -0.15) is 4.31 Å². The molecule has 1 atom stereocenters. The normalized spacial score (nSPS) is 12.2. The Hall–Kier alpha value is -3.20. The highest BCUT2D eigenvalue weighted by molar-refractivity contribution is 7.89. The van der Waals surface area contributed by atoms with Crippen molar-refractivity contribution in [3.05, 3.63) is 95.0 Å². The number of nitrogens with zero attached hydrogens (tertiary/aromatic N) is 1. The zero-order chi connectivity index (χ0) is 24.0. The fourth-order valence-electron chi connectivity index (χ4n) is 3.15. The van der Waals surface area contributed by atoms with Crippen LogP contribution in [0, 0.1) is 0 Å². The van der Waals surface area contributed by atoms with Gasteiger partial charge in [0.1, 0.15) is 0 Å². The summed E-state index contributed by atoms with van der Waals surface area (Å²) in [5, 5.41) is 5.96. The third-order valence-electron chi connectivity index (χ3n) is 4.98. The van der Waals surface area contributed by atoms with Gasteiger partial charge in [0.25, 0.3) is 5.91 Å². The molecule has 172 valence electrons. The van der Waals surface area contributed by atoms with Crippen LogP contribution in [0.1, 0.15) is 28.9 Å². The molecule has 3 aromatic rings. The lowest BCUT2D eigenvalue weighted by molar-refractivity contribution is -0.116. The molecule has 2 N–H and O–H groups in total. The number of halogens is 1. The first kappa shape index (κ1) is 24.4. The van der Waals surface area contributed by atoms with E-state index in [0.29, 0.717) is 5.02 Å². The lowest BCUT2D eigenvalue weighted by Crippen LogP contribution is -2.35. The van der Waals surface area contributed by atoms with Gasteiger partial charge in [0.05, 0.1) is 28.7 Å². The van der Waals surface area contributed by atoms with E-state index in [0.717, 1.165) is 9.87 Å². The predicted molar refractivity (Wildman–Crippen MR) is 129 cm³/mol. The number of rotatable bonds is 8. The molecule has 0 fully saturated rings. The fourth-order valence-corrected chi connectivity index (χ4v) is 4.41. The van der Waals surface area contributed by atoms with Crippen LogP contribution in [-0.4, -0.2) is 38.1 Å². The molecule has 33 heavy (non-hydrogen) atoms. The highest BCUT2D eigenvalue weighted by atomic mass is 35.5. The topological polar surface area (TPSA) is 95.6 Å². The van der Waals surface area contributed by atoms with Crippen molar-refractivity contribution in [3.63, 3.8) is 0 Å². The van der Waals surface area contributed by atoms with Crippen LogP contribution in [0.4, 0.5) is 5.69 Å². The molecule has 0 aromatic heterocycles. The van der Waals surface area contributed by atoms with Crippen molar-refractivity contribution < 1.29 is 18.0 Å². The molecule has 7 nitrogen and oxygen atoms in total. The van der Waals surface area contributed by atoms with Crippen LogP contribution in [0.15, 0.2) is 83.8 Å². The molecule has 0 heterocycles. The predicted octanol–water partition coefficient (Wildman–Crippen LogP) is 4.09. The summed E-state index contributed by atoms with van der Waals surface area (Å²) in [6.07, 6.45) is 0. The molecule has 3 aromatic carbocycles. The SMILES string of the molecule is C[C@@H](NC(=O)c1ccccc1NC(=O)CN(C)S(=O)(=O)c1ccc(Cl)cc1)c1ccccc1. The molecule has 0 aliphatic carbocycles. The van der Waals surface area contributed by atoms with E-state index in [9.17, 15) is 18.0 Å². The number of para-hydroxylation sites is 1. The molecule has 0 unspecified atom stereocenters. The minimum absolute atomic E-state index is 0.0249. The number of benzene rings is 3. The van der Waals surface area contributed by atoms with Crippen molar-refractivity contribution in [2.75, 3.05) is 18.9 Å². The highest BCUT2D eigenvalue weighted by Crippen LogP contribution is 2.20. The van der Waals surface area contributed by atoms with Crippen LogP contribution < -0.4 is 10.6 Å². The van der Waals surface area contributed by atoms with Crippen LogP contribution >= 0.6 is 11.6 Å². The van der Waals surface area contributed by atoms with Crippen LogP contribution in [0.3, 0.4) is 0 Å². The van der Waals surface area contributed by atoms with Gasteiger partial charge in [0, 0.05) is 12.1 Å². The van der Waals surface area contributed by atoms with Gasteiger partial charge < -0.3 is 10.6 Å². The van der Waals surface area contributed by atoms with Gasteiger partial charge in [-0.15, -0.1) is 0 Å². The number of sulfonamides is 1. The van der Waals surface area contributed by atoms with Gasteiger partial charge in [-0.1, -0.05) is 54.1 Å². The standard InChI is InChI=1S/C24H24ClN3O4S/c1-17(18-8-4-3-5-9-18)26-24(30)21-10-6-7-11-22(21)27-23(29)16-28(2)33(31,32)20-14-12-19(25)13-15-20/h3-15,17H,16H2,1-2H3,(H,26,30)(H,27,29)/t17-/m1/s1. The van der Waals surface area contributed by atoms with E-state index >= 15 is 0 Å². The Labute approximate surface area is 198 Å². The summed E-state index contributed by atoms with van der Waals surface area (Å²) in [5.74, 6) is -0.934. The largest absolute Gasteiger partial charge is 0.345 e. The second-order valence-electron chi connectivity index (χ2n) is 7.41. The number of likely N-dealkylation sites (N-methyl/N-ethyl adjacent to an activating group) is 1. The first-order chi connectivity index (χ1) is 15.7. The molecule has 0 aliphatic heterocycles. The summed E-state index contributed by atoms with van der Waals surface area (Å²) in [6.45, 7) is 1.44. The molecular formula is C24H24ClN3O4S. The van der Waals surface area contributed by atoms with Crippen molar-refractivity contribution in [1.82, 2.24) is 9.62 Å². The summed E-state index contributed by atoms with van der Waals surface area (Å²) in [7, 11) is -2.57. The second kappa shape index (κ2) is 10.6. The van der Waals surface area contributed by atoms with E-state index in [4.69, 9.17) is 11.6 Å². The zero-order valence-electron chi connectivity index (χ0n) is 18.2. The maximum atomic E-state index is 12.8. The lowest BCUT2D eigenvalue weighted by atomic mass is 10.1. The molecule has 2 amide bonds. The fraction of sp³-hybridized carbons (Fsp3) is 0.167. The van der Waals surface area contributed by atoms with Crippen molar-refractivity contribution in [3.8, 4) is 0 Å². The van der Waals surface area contributed by atoms with E-state index in [1.54, 1.807) is 24.3 Å². The summed E-state index contributed by atoms with van der Waals surface area (Å²) < 4.78 is 26.3. The summed E-state index contributed by atoms with van der Waals surface area (Å²) in [5.41, 5.74) is 1.51. The number of hydrogen-bond donors (Lipinski definition) is 2. The Morgan fingerprint density at radius 2 is 1.55 bits per heavy atom. The van der Waals surface area contributed by atoms with Crippen LogP contribution in [0.5, 0.6) is 0 Å². The number of amides is 2. The average molecular weight is 486 g/mol. The van der Waals surface area contributed by atoms with Gasteiger partial charge in [0.15, 0.2) is 0 Å². The molecule has 0 aliphatic rings. The van der Waals surface area contributed by atoms with Gasteiger partial charge in [-0.25, -0.2) is 8.42 Å². The van der Waals surface area contributed by atoms with Crippen molar-refractivity contribution in [1.29, 1.82) is 0 Å². The minimum Gasteiger partial charge on any atom is -0.345 e. The number of hydrogen-bond acceptors (Lipinski definition) is 4. The van der Waals surface area contributed by atoms with Crippen molar-refractivity contribution >= 4 is 39.1 Å². The number of carbonyl (C=O) groups excluding carboxylic acids is 2. The van der Waals surface area contributed by atoms with Gasteiger partial charge >= 0.3 is 0 Å². The summed E-state index contributed by atoms with van der Waals surface area (Å²) >= 11 is 5.82. The van der Waals surface area contributed by atoms with E-state index in [1.807, 2.05) is 37.3 Å². The quantitative estimate of drug-likeness (QED) is 0.502. The average Bonchev–Trinajstić information content (AvgIpc) is 2.80. The smallest absolute Gasteiger partial charge is 0.253 e. The Kier molecular flexibility index (Phi) is 7.86. The molecule has 0 spiro atoms. The van der Waals surface area contributed by atoms with Crippen LogP contribution in [0.25, 0.3) is 0 Å².